The Kier molecular flexibility index (Phi) is 6.38. The molecule has 1 amide bonds. The van der Waals surface area contributed by atoms with Crippen molar-refractivity contribution in [3.05, 3.63) is 59.4 Å². The van der Waals surface area contributed by atoms with Crippen LogP contribution < -0.4 is 15.8 Å². The van der Waals surface area contributed by atoms with E-state index in [0.29, 0.717) is 29.2 Å². The van der Waals surface area contributed by atoms with Crippen LogP contribution in [0.2, 0.25) is 0 Å². The Morgan fingerprint density at radius 1 is 1.38 bits per heavy atom. The van der Waals surface area contributed by atoms with Gasteiger partial charge in [0.2, 0.25) is 0 Å². The van der Waals surface area contributed by atoms with Gasteiger partial charge in [0, 0.05) is 40.6 Å². The average molecular weight is 424 g/mol. The largest absolute Gasteiger partial charge is 0.493 e. The third-order valence-corrected chi connectivity index (χ3v) is 4.54. The fraction of sp³-hybridized carbons (Fsp3) is 0.381. The molecule has 0 saturated carbocycles. The van der Waals surface area contributed by atoms with Crippen LogP contribution in [0.5, 0.6) is 5.75 Å². The molecule has 2 unspecified atom stereocenters. The van der Waals surface area contributed by atoms with E-state index in [2.05, 4.69) is 5.32 Å². The van der Waals surface area contributed by atoms with Gasteiger partial charge in [0.25, 0.3) is 5.91 Å². The summed E-state index contributed by atoms with van der Waals surface area (Å²) in [7, 11) is 0. The molecule has 2 atom stereocenters. The molecule has 29 heavy (non-hydrogen) atoms. The van der Waals surface area contributed by atoms with Crippen LogP contribution in [0.4, 0.5) is 10.1 Å². The maximum atomic E-state index is 13.2. The van der Waals surface area contributed by atoms with Crippen LogP contribution in [-0.2, 0) is 11.2 Å². The van der Waals surface area contributed by atoms with Gasteiger partial charge in [-0.15, -0.1) is 0 Å². The standard InChI is InChI=1S/C21H25ClFN3O3/c1-2-28-19-9-16(24)7-8-18(19)21(27)25-10-17-12-26(13-20(22)29-17)11-14-3-5-15(23)6-4-14/h3-9,17,20H,2,10-13,24H2,1H3,(H,25,27)/i11D2. The van der Waals surface area contributed by atoms with E-state index in [1.54, 1.807) is 18.2 Å². The second-order valence-electron chi connectivity index (χ2n) is 6.59. The highest BCUT2D eigenvalue weighted by Crippen LogP contribution is 2.22. The van der Waals surface area contributed by atoms with Gasteiger partial charge in [-0.3, -0.25) is 9.69 Å². The number of nitrogens with zero attached hydrogens (tertiary/aromatic N) is 1. The van der Waals surface area contributed by atoms with E-state index < -0.39 is 24.0 Å². The molecule has 1 heterocycles. The molecule has 3 rings (SSSR count). The minimum Gasteiger partial charge on any atom is -0.493 e. The molecule has 0 radical (unpaired) electrons. The third kappa shape index (κ3) is 6.06. The van der Waals surface area contributed by atoms with Crippen molar-refractivity contribution in [1.82, 2.24) is 10.2 Å². The maximum Gasteiger partial charge on any atom is 0.255 e. The Labute approximate surface area is 177 Å². The zero-order valence-corrected chi connectivity index (χ0v) is 16.8. The van der Waals surface area contributed by atoms with Gasteiger partial charge in [0.05, 0.1) is 18.3 Å². The predicted molar refractivity (Wildman–Crippen MR) is 111 cm³/mol. The quantitative estimate of drug-likeness (QED) is 0.529. The number of ether oxygens (including phenoxy) is 2. The van der Waals surface area contributed by atoms with Gasteiger partial charge in [-0.05, 0) is 36.8 Å². The van der Waals surface area contributed by atoms with Crippen molar-refractivity contribution in [3.63, 3.8) is 0 Å². The maximum absolute atomic E-state index is 13.2. The number of carbonyl (C=O) groups is 1. The molecule has 8 heteroatoms. The Bertz CT molecular complexity index is 917. The number of nitrogens with two attached hydrogens (primary N) is 1. The summed E-state index contributed by atoms with van der Waals surface area (Å²) in [4.78, 5) is 14.2. The highest BCUT2D eigenvalue weighted by Gasteiger charge is 2.27. The van der Waals surface area contributed by atoms with Crippen LogP contribution in [0.25, 0.3) is 0 Å². The summed E-state index contributed by atoms with van der Waals surface area (Å²) in [5.74, 6) is -0.419. The Hall–Kier alpha value is -2.35. The fourth-order valence-electron chi connectivity index (χ4n) is 3.00. The molecule has 1 aliphatic rings. The van der Waals surface area contributed by atoms with Crippen LogP contribution >= 0.6 is 11.6 Å². The molecule has 2 aromatic rings. The lowest BCUT2D eigenvalue weighted by Gasteiger charge is -2.35. The number of morpholine rings is 1. The third-order valence-electron chi connectivity index (χ3n) is 4.30. The van der Waals surface area contributed by atoms with Crippen molar-refractivity contribution in [3.8, 4) is 5.75 Å². The normalized spacial score (nSPS) is 21.2. The molecule has 1 aliphatic heterocycles. The van der Waals surface area contributed by atoms with E-state index in [1.807, 2.05) is 6.92 Å². The van der Waals surface area contributed by atoms with E-state index in [0.717, 1.165) is 0 Å². The monoisotopic (exact) mass is 423 g/mol. The molecule has 6 nitrogen and oxygen atoms in total. The topological polar surface area (TPSA) is 76.8 Å². The first-order chi connectivity index (χ1) is 14.7. The molecular weight excluding hydrogens is 397 g/mol. The van der Waals surface area contributed by atoms with Crippen molar-refractivity contribution in [1.29, 1.82) is 0 Å². The molecule has 1 saturated heterocycles. The first-order valence-electron chi connectivity index (χ1n) is 10.3. The number of anilines is 1. The molecule has 0 bridgehead atoms. The summed E-state index contributed by atoms with van der Waals surface area (Å²) in [6.45, 7) is 0.762. The van der Waals surface area contributed by atoms with Crippen molar-refractivity contribution in [2.75, 3.05) is 32.0 Å². The number of rotatable bonds is 7. The zero-order chi connectivity index (χ0) is 22.6. The van der Waals surface area contributed by atoms with Crippen LogP contribution in [0.3, 0.4) is 0 Å². The number of amides is 1. The number of nitrogen functional groups attached to an aromatic ring is 1. The number of nitrogens with one attached hydrogen (secondary N) is 1. The summed E-state index contributed by atoms with van der Waals surface area (Å²) >= 11 is 6.20. The molecular formula is C21H25ClFN3O3. The molecule has 156 valence electrons. The molecule has 0 spiro atoms. The number of hydrogen-bond donors (Lipinski definition) is 2. The van der Waals surface area contributed by atoms with Gasteiger partial charge in [-0.1, -0.05) is 23.7 Å². The van der Waals surface area contributed by atoms with Crippen molar-refractivity contribution < 1.29 is 21.4 Å². The van der Waals surface area contributed by atoms with Crippen LogP contribution in [-0.4, -0.2) is 48.7 Å². The number of carbonyl (C=O) groups excluding carboxylic acids is 1. The van der Waals surface area contributed by atoms with E-state index >= 15 is 0 Å². The van der Waals surface area contributed by atoms with Crippen molar-refractivity contribution >= 4 is 23.2 Å². The predicted octanol–water partition coefficient (Wildman–Crippen LogP) is 3.00. The second kappa shape index (κ2) is 9.91. The Balaban J connectivity index is 1.67. The number of hydrogen-bond acceptors (Lipinski definition) is 5. The molecule has 0 aliphatic carbocycles. The van der Waals surface area contributed by atoms with Crippen molar-refractivity contribution in [2.45, 2.75) is 25.1 Å². The highest BCUT2D eigenvalue weighted by atomic mass is 35.5. The van der Waals surface area contributed by atoms with Crippen LogP contribution in [0.15, 0.2) is 42.5 Å². The Morgan fingerprint density at radius 2 is 2.14 bits per heavy atom. The van der Waals surface area contributed by atoms with Gasteiger partial charge in [-0.25, -0.2) is 4.39 Å². The van der Waals surface area contributed by atoms with E-state index in [1.165, 1.54) is 29.2 Å². The summed E-state index contributed by atoms with van der Waals surface area (Å²) in [6.07, 6.45) is -0.542. The smallest absolute Gasteiger partial charge is 0.255 e. The van der Waals surface area contributed by atoms with E-state index in [9.17, 15) is 9.18 Å². The fourth-order valence-corrected chi connectivity index (χ4v) is 3.31. The van der Waals surface area contributed by atoms with Crippen LogP contribution in [0, 0.1) is 5.82 Å². The molecule has 2 aromatic carbocycles. The van der Waals surface area contributed by atoms with Gasteiger partial charge >= 0.3 is 0 Å². The second-order valence-corrected chi connectivity index (χ2v) is 7.08. The minimum absolute atomic E-state index is 0.119. The minimum atomic E-state index is -1.88. The van der Waals surface area contributed by atoms with E-state index in [4.69, 9.17) is 29.5 Å². The first-order valence-corrected chi connectivity index (χ1v) is 9.75. The van der Waals surface area contributed by atoms with Gasteiger partial charge in [0.1, 0.15) is 17.1 Å². The number of alkyl halides is 1. The highest BCUT2D eigenvalue weighted by molar-refractivity contribution is 6.19. The van der Waals surface area contributed by atoms with Crippen LogP contribution in [0.1, 0.15) is 25.6 Å². The van der Waals surface area contributed by atoms with E-state index in [-0.39, 0.29) is 25.5 Å². The lowest BCUT2D eigenvalue weighted by molar-refractivity contribution is -0.0496. The summed E-state index contributed by atoms with van der Waals surface area (Å²) in [5, 5.41) is 2.78. The molecule has 0 aromatic heterocycles. The number of halogens is 2. The Morgan fingerprint density at radius 3 is 2.86 bits per heavy atom. The zero-order valence-electron chi connectivity index (χ0n) is 18.0. The van der Waals surface area contributed by atoms with Crippen molar-refractivity contribution in [2.24, 2.45) is 0 Å². The summed E-state index contributed by atoms with van der Waals surface area (Å²) < 4.78 is 41.4. The van der Waals surface area contributed by atoms with Gasteiger partial charge in [-0.2, -0.15) is 0 Å². The summed E-state index contributed by atoms with van der Waals surface area (Å²) in [6, 6.07) is 10.0. The van der Waals surface area contributed by atoms with Gasteiger partial charge in [0.15, 0.2) is 0 Å². The lowest BCUT2D eigenvalue weighted by atomic mass is 10.1. The van der Waals surface area contributed by atoms with Gasteiger partial charge < -0.3 is 20.5 Å². The number of benzene rings is 2. The lowest BCUT2D eigenvalue weighted by Crippen LogP contribution is -2.49. The molecule has 1 fully saturated rings. The average Bonchev–Trinajstić information content (AvgIpc) is 2.72. The summed E-state index contributed by atoms with van der Waals surface area (Å²) in [5.41, 5.74) is 6.14. The SMILES string of the molecule is [2H]C([2H])(c1ccc(F)cc1)N1CC(Cl)OC(CNC(=O)c2ccc(N)cc2OCC)C1. The first kappa shape index (κ1) is 18.7. The molecule has 3 N–H and O–H groups in total.